The number of esters is 1. The lowest BCUT2D eigenvalue weighted by atomic mass is 10.2. The maximum atomic E-state index is 12.2. The van der Waals surface area contributed by atoms with E-state index in [1.165, 1.54) is 11.3 Å². The number of hydrogen-bond donors (Lipinski definition) is 1. The van der Waals surface area contributed by atoms with E-state index >= 15 is 0 Å². The molecule has 0 bridgehead atoms. The Balaban J connectivity index is 1.20. The molecule has 1 N–H and O–H groups in total. The van der Waals surface area contributed by atoms with Crippen LogP contribution in [-0.2, 0) is 33.8 Å². The fourth-order valence-corrected chi connectivity index (χ4v) is 4.07. The number of carbonyl (C=O) groups excluding carboxylic acids is 2. The number of aryl methyl sites for hydroxylation is 2. The number of carbonyl (C=O) groups is 2. The molecule has 0 fully saturated rings. The Kier molecular flexibility index (Phi) is 7.48. The molecule has 4 aromatic rings. The van der Waals surface area contributed by atoms with Gasteiger partial charge in [-0.15, -0.1) is 0 Å². The predicted octanol–water partition coefficient (Wildman–Crippen LogP) is 3.45. The number of rotatable bonds is 10. The highest BCUT2D eigenvalue weighted by molar-refractivity contribution is 7.08. The van der Waals surface area contributed by atoms with Gasteiger partial charge in [0.25, 0.3) is 5.91 Å². The predicted molar refractivity (Wildman–Crippen MR) is 126 cm³/mol. The van der Waals surface area contributed by atoms with Gasteiger partial charge in [-0.25, -0.2) is 0 Å². The third kappa shape index (κ3) is 5.96. The number of benzene rings is 1. The van der Waals surface area contributed by atoms with Gasteiger partial charge in [0.2, 0.25) is 11.7 Å². The molecular weight excluding hydrogens is 454 g/mol. The molecule has 3 heterocycles. The van der Waals surface area contributed by atoms with Crippen LogP contribution in [0.1, 0.15) is 34.8 Å². The highest BCUT2D eigenvalue weighted by Crippen LogP contribution is 2.19. The van der Waals surface area contributed by atoms with E-state index in [1.54, 1.807) is 0 Å². The SMILES string of the molecule is Cc1nn(Cc2ccccc2)c(C)c1CNC(=O)COC(=O)CCc1nc(-c2ccsc2)no1. The smallest absolute Gasteiger partial charge is 0.306 e. The molecule has 34 heavy (non-hydrogen) atoms. The fraction of sp³-hybridized carbons (Fsp3) is 0.292. The Bertz CT molecular complexity index is 1250. The first-order valence-corrected chi connectivity index (χ1v) is 11.8. The molecule has 0 aliphatic rings. The molecule has 0 unspecified atom stereocenters. The molecule has 1 amide bonds. The van der Waals surface area contributed by atoms with Crippen molar-refractivity contribution >= 4 is 23.2 Å². The Morgan fingerprint density at radius 2 is 2.00 bits per heavy atom. The van der Waals surface area contributed by atoms with Gasteiger partial charge in [0.1, 0.15) is 0 Å². The number of aromatic nitrogens is 4. The summed E-state index contributed by atoms with van der Waals surface area (Å²) in [5, 5.41) is 15.1. The standard InChI is InChI=1S/C24H25N5O4S/c1-16-20(17(2)29(27-16)13-18-6-4-3-5-7-18)12-25-21(30)14-32-23(31)9-8-22-26-24(28-33-22)19-10-11-34-15-19/h3-7,10-11,15H,8-9,12-14H2,1-2H3,(H,25,30). The van der Waals surface area contributed by atoms with E-state index in [0.29, 0.717) is 24.8 Å². The Morgan fingerprint density at radius 1 is 1.18 bits per heavy atom. The van der Waals surface area contributed by atoms with Crippen molar-refractivity contribution in [1.29, 1.82) is 0 Å². The third-order valence-corrected chi connectivity index (χ3v) is 6.01. The quantitative estimate of drug-likeness (QED) is 0.347. The van der Waals surface area contributed by atoms with Crippen LogP contribution in [0.3, 0.4) is 0 Å². The summed E-state index contributed by atoms with van der Waals surface area (Å²) >= 11 is 1.54. The monoisotopic (exact) mass is 479 g/mol. The van der Waals surface area contributed by atoms with Gasteiger partial charge in [-0.3, -0.25) is 14.3 Å². The first-order chi connectivity index (χ1) is 16.5. The minimum Gasteiger partial charge on any atom is -0.456 e. The average Bonchev–Trinajstić information content (AvgIpc) is 3.58. The molecule has 0 aliphatic carbocycles. The zero-order valence-electron chi connectivity index (χ0n) is 19.0. The van der Waals surface area contributed by atoms with Gasteiger partial charge >= 0.3 is 5.97 Å². The number of nitrogens with zero attached hydrogens (tertiary/aromatic N) is 4. The normalized spacial score (nSPS) is 10.9. The van der Waals surface area contributed by atoms with Crippen molar-refractivity contribution in [3.63, 3.8) is 0 Å². The van der Waals surface area contributed by atoms with Crippen molar-refractivity contribution < 1.29 is 18.8 Å². The van der Waals surface area contributed by atoms with E-state index in [2.05, 4.69) is 20.6 Å². The number of ether oxygens (including phenoxy) is 1. The number of nitrogens with one attached hydrogen (secondary N) is 1. The van der Waals surface area contributed by atoms with E-state index in [1.807, 2.05) is 65.7 Å². The molecule has 3 aromatic heterocycles. The van der Waals surface area contributed by atoms with Crippen molar-refractivity contribution in [3.05, 3.63) is 75.6 Å². The molecule has 0 atom stereocenters. The van der Waals surface area contributed by atoms with Crippen molar-refractivity contribution in [2.45, 2.75) is 39.8 Å². The topological polar surface area (TPSA) is 112 Å². The van der Waals surface area contributed by atoms with E-state index in [4.69, 9.17) is 9.26 Å². The summed E-state index contributed by atoms with van der Waals surface area (Å²) in [6.45, 7) is 4.52. The van der Waals surface area contributed by atoms with Gasteiger partial charge in [0, 0.05) is 35.2 Å². The Hall–Kier alpha value is -3.79. The van der Waals surface area contributed by atoms with Crippen LogP contribution in [0.4, 0.5) is 0 Å². The van der Waals surface area contributed by atoms with Crippen molar-refractivity contribution in [2.24, 2.45) is 0 Å². The highest BCUT2D eigenvalue weighted by atomic mass is 32.1. The van der Waals surface area contributed by atoms with Crippen LogP contribution in [0.5, 0.6) is 0 Å². The van der Waals surface area contributed by atoms with Crippen LogP contribution in [0, 0.1) is 13.8 Å². The minimum atomic E-state index is -0.506. The minimum absolute atomic E-state index is 0.0447. The summed E-state index contributed by atoms with van der Waals surface area (Å²) < 4.78 is 12.2. The highest BCUT2D eigenvalue weighted by Gasteiger charge is 2.15. The molecule has 0 radical (unpaired) electrons. The van der Waals surface area contributed by atoms with Crippen molar-refractivity contribution in [3.8, 4) is 11.4 Å². The van der Waals surface area contributed by atoms with Crippen LogP contribution < -0.4 is 5.32 Å². The van der Waals surface area contributed by atoms with E-state index in [0.717, 1.165) is 28.1 Å². The van der Waals surface area contributed by atoms with Gasteiger partial charge in [-0.2, -0.15) is 21.4 Å². The number of amides is 1. The zero-order chi connectivity index (χ0) is 23.9. The Morgan fingerprint density at radius 3 is 2.76 bits per heavy atom. The van der Waals surface area contributed by atoms with E-state index in [-0.39, 0.29) is 25.4 Å². The summed E-state index contributed by atoms with van der Waals surface area (Å²) in [6, 6.07) is 12.0. The second-order valence-corrected chi connectivity index (χ2v) is 8.53. The molecule has 0 aliphatic heterocycles. The van der Waals surface area contributed by atoms with E-state index in [9.17, 15) is 9.59 Å². The van der Waals surface area contributed by atoms with Gasteiger partial charge in [0.05, 0.1) is 18.7 Å². The number of thiophene rings is 1. The van der Waals surface area contributed by atoms with Crippen LogP contribution in [0.15, 0.2) is 51.7 Å². The maximum Gasteiger partial charge on any atom is 0.306 e. The van der Waals surface area contributed by atoms with Crippen LogP contribution in [-0.4, -0.2) is 38.4 Å². The lowest BCUT2D eigenvalue weighted by Gasteiger charge is -2.08. The third-order valence-electron chi connectivity index (χ3n) is 5.32. The first-order valence-electron chi connectivity index (χ1n) is 10.8. The molecular formula is C24H25N5O4S. The molecule has 1 aromatic carbocycles. The zero-order valence-corrected chi connectivity index (χ0v) is 19.8. The fourth-order valence-electron chi connectivity index (χ4n) is 3.43. The maximum absolute atomic E-state index is 12.2. The van der Waals surface area contributed by atoms with Gasteiger partial charge in [-0.1, -0.05) is 35.5 Å². The van der Waals surface area contributed by atoms with Gasteiger partial charge < -0.3 is 14.6 Å². The van der Waals surface area contributed by atoms with Gasteiger partial charge in [-0.05, 0) is 30.9 Å². The van der Waals surface area contributed by atoms with Crippen molar-refractivity contribution in [1.82, 2.24) is 25.2 Å². The summed E-state index contributed by atoms with van der Waals surface area (Å²) in [4.78, 5) is 28.5. The van der Waals surface area contributed by atoms with Crippen molar-refractivity contribution in [2.75, 3.05) is 6.61 Å². The van der Waals surface area contributed by atoms with Crippen LogP contribution in [0.25, 0.3) is 11.4 Å². The lowest BCUT2D eigenvalue weighted by Crippen LogP contribution is -2.28. The first kappa shape index (κ1) is 23.4. The molecule has 0 saturated heterocycles. The second-order valence-electron chi connectivity index (χ2n) is 7.75. The molecule has 176 valence electrons. The molecule has 0 saturated carbocycles. The molecule has 10 heteroatoms. The number of hydrogen-bond acceptors (Lipinski definition) is 8. The lowest BCUT2D eigenvalue weighted by molar-refractivity contribution is -0.148. The molecule has 0 spiro atoms. The van der Waals surface area contributed by atoms with Crippen LogP contribution in [0.2, 0.25) is 0 Å². The average molecular weight is 480 g/mol. The van der Waals surface area contributed by atoms with Gasteiger partial charge in [0.15, 0.2) is 6.61 Å². The second kappa shape index (κ2) is 10.9. The molecule has 9 nitrogen and oxygen atoms in total. The van der Waals surface area contributed by atoms with Crippen LogP contribution >= 0.6 is 11.3 Å². The summed E-state index contributed by atoms with van der Waals surface area (Å²) in [7, 11) is 0. The summed E-state index contributed by atoms with van der Waals surface area (Å²) in [6.07, 6.45) is 0.291. The largest absolute Gasteiger partial charge is 0.456 e. The summed E-state index contributed by atoms with van der Waals surface area (Å²) in [5.74, 6) is -0.0447. The summed E-state index contributed by atoms with van der Waals surface area (Å²) in [5.41, 5.74) is 4.81. The Labute approximate surface area is 200 Å². The van der Waals surface area contributed by atoms with E-state index < -0.39 is 5.97 Å². The molecule has 4 rings (SSSR count).